The van der Waals surface area contributed by atoms with Crippen LogP contribution in [0.4, 0.5) is 0 Å². The molecular formula is C20H23ClN2O2. The van der Waals surface area contributed by atoms with Crippen LogP contribution in [0.15, 0.2) is 47.6 Å². The lowest BCUT2D eigenvalue weighted by Crippen LogP contribution is -2.39. The molecule has 132 valence electrons. The minimum absolute atomic E-state index is 0.0193. The Hall–Kier alpha value is -2.07. The van der Waals surface area contributed by atoms with Gasteiger partial charge in [0.1, 0.15) is 0 Å². The van der Waals surface area contributed by atoms with Crippen molar-refractivity contribution in [3.05, 3.63) is 58.1 Å². The van der Waals surface area contributed by atoms with Crippen LogP contribution in [0.3, 0.4) is 0 Å². The number of benzene rings is 1. The van der Waals surface area contributed by atoms with E-state index in [0.717, 1.165) is 32.1 Å². The summed E-state index contributed by atoms with van der Waals surface area (Å²) < 4.78 is 0. The molecule has 2 N–H and O–H groups in total. The summed E-state index contributed by atoms with van der Waals surface area (Å²) in [4.78, 5) is 24.2. The van der Waals surface area contributed by atoms with E-state index >= 15 is 0 Å². The third kappa shape index (κ3) is 4.73. The fourth-order valence-electron chi connectivity index (χ4n) is 3.45. The van der Waals surface area contributed by atoms with Crippen LogP contribution in [0.25, 0.3) is 0 Å². The second-order valence-corrected chi connectivity index (χ2v) is 6.96. The smallest absolute Gasteiger partial charge is 0.251 e. The lowest BCUT2D eigenvalue weighted by atomic mass is 9.82. The maximum absolute atomic E-state index is 12.2. The molecule has 0 bridgehead atoms. The van der Waals surface area contributed by atoms with Gasteiger partial charge in [-0.05, 0) is 61.9 Å². The Morgan fingerprint density at radius 2 is 1.96 bits per heavy atom. The molecule has 1 atom stereocenters. The first-order valence-electron chi connectivity index (χ1n) is 8.85. The number of allylic oxidation sites excluding steroid dienone is 2. The minimum Gasteiger partial charge on any atom is -0.352 e. The van der Waals surface area contributed by atoms with E-state index in [1.807, 2.05) is 0 Å². The summed E-state index contributed by atoms with van der Waals surface area (Å²) in [6, 6.07) is 6.82. The van der Waals surface area contributed by atoms with Gasteiger partial charge in [-0.2, -0.15) is 0 Å². The lowest BCUT2D eigenvalue weighted by molar-refractivity contribution is -0.121. The van der Waals surface area contributed by atoms with Gasteiger partial charge in [-0.1, -0.05) is 29.3 Å². The number of halogens is 1. The predicted octanol–water partition coefficient (Wildman–Crippen LogP) is 3.78. The summed E-state index contributed by atoms with van der Waals surface area (Å²) in [5.74, 6) is -0.212. The summed E-state index contributed by atoms with van der Waals surface area (Å²) in [6.45, 7) is 0.321. The van der Waals surface area contributed by atoms with Gasteiger partial charge in [0.15, 0.2) is 0 Å². The normalized spacial score (nSPS) is 19.3. The first-order chi connectivity index (χ1) is 12.1. The van der Waals surface area contributed by atoms with Crippen molar-refractivity contribution >= 4 is 23.4 Å². The third-order valence-corrected chi connectivity index (χ3v) is 5.00. The molecule has 2 aliphatic rings. The van der Waals surface area contributed by atoms with Gasteiger partial charge < -0.3 is 10.6 Å². The number of carbonyl (C=O) groups excluding carboxylic acids is 2. The number of hydrogen-bond donors (Lipinski definition) is 2. The molecule has 0 aromatic heterocycles. The summed E-state index contributed by atoms with van der Waals surface area (Å²) in [7, 11) is 0. The van der Waals surface area contributed by atoms with Crippen molar-refractivity contribution in [2.45, 2.75) is 44.6 Å². The van der Waals surface area contributed by atoms with E-state index in [4.69, 9.17) is 11.6 Å². The van der Waals surface area contributed by atoms with Crippen LogP contribution in [-0.2, 0) is 4.79 Å². The maximum Gasteiger partial charge on any atom is 0.251 e. The highest BCUT2D eigenvalue weighted by atomic mass is 35.5. The van der Waals surface area contributed by atoms with Crippen molar-refractivity contribution in [2.24, 2.45) is 0 Å². The zero-order chi connectivity index (χ0) is 17.6. The molecule has 1 aromatic rings. The minimum atomic E-state index is -0.192. The van der Waals surface area contributed by atoms with Gasteiger partial charge >= 0.3 is 0 Å². The number of carbonyl (C=O) groups is 2. The number of rotatable bonds is 5. The summed E-state index contributed by atoms with van der Waals surface area (Å²) in [6.07, 6.45) is 10.1. The summed E-state index contributed by atoms with van der Waals surface area (Å²) in [5, 5.41) is 6.49. The molecule has 0 radical (unpaired) electrons. The van der Waals surface area contributed by atoms with Crippen molar-refractivity contribution in [2.75, 3.05) is 6.54 Å². The topological polar surface area (TPSA) is 58.2 Å². The van der Waals surface area contributed by atoms with Gasteiger partial charge in [-0.15, -0.1) is 0 Å². The second-order valence-electron chi connectivity index (χ2n) is 6.53. The Kier molecular flexibility index (Phi) is 5.92. The molecule has 0 aliphatic heterocycles. The van der Waals surface area contributed by atoms with E-state index in [0.29, 0.717) is 17.1 Å². The van der Waals surface area contributed by atoms with Crippen molar-refractivity contribution in [1.29, 1.82) is 0 Å². The average Bonchev–Trinajstić information content (AvgIpc) is 2.62. The molecular weight excluding hydrogens is 336 g/mol. The van der Waals surface area contributed by atoms with E-state index in [2.05, 4.69) is 22.8 Å². The van der Waals surface area contributed by atoms with Crippen LogP contribution >= 0.6 is 11.6 Å². The highest BCUT2D eigenvalue weighted by Crippen LogP contribution is 2.32. The first kappa shape index (κ1) is 17.7. The Bertz CT molecular complexity index is 707. The SMILES string of the molecule is O=C(CCNC(=O)c1ccc(Cl)cc1)NC1CCCC2=C1C=CCC2. The lowest BCUT2D eigenvalue weighted by Gasteiger charge is -2.29. The molecule has 0 saturated heterocycles. The van der Waals surface area contributed by atoms with Crippen LogP contribution < -0.4 is 10.6 Å². The number of nitrogens with one attached hydrogen (secondary N) is 2. The van der Waals surface area contributed by atoms with Crippen LogP contribution in [-0.4, -0.2) is 24.4 Å². The summed E-state index contributed by atoms with van der Waals surface area (Å²) in [5.41, 5.74) is 3.34. The second kappa shape index (κ2) is 8.34. The van der Waals surface area contributed by atoms with Crippen LogP contribution in [0.2, 0.25) is 5.02 Å². The molecule has 2 aliphatic carbocycles. The quantitative estimate of drug-likeness (QED) is 0.841. The van der Waals surface area contributed by atoms with Gasteiger partial charge in [-0.25, -0.2) is 0 Å². The monoisotopic (exact) mass is 358 g/mol. The van der Waals surface area contributed by atoms with Crippen LogP contribution in [0, 0.1) is 0 Å². The van der Waals surface area contributed by atoms with Crippen molar-refractivity contribution in [3.8, 4) is 0 Å². The molecule has 0 fully saturated rings. The molecule has 4 nitrogen and oxygen atoms in total. The molecule has 1 unspecified atom stereocenters. The van der Waals surface area contributed by atoms with Gasteiger partial charge in [0.05, 0.1) is 6.04 Å². The maximum atomic E-state index is 12.2. The van der Waals surface area contributed by atoms with Crippen molar-refractivity contribution in [1.82, 2.24) is 10.6 Å². The molecule has 5 heteroatoms. The highest BCUT2D eigenvalue weighted by molar-refractivity contribution is 6.30. The standard InChI is InChI=1S/C20H23ClN2O2/c21-16-10-8-15(9-11-16)20(25)22-13-12-19(24)23-18-7-3-5-14-4-1-2-6-17(14)18/h2,6,8-11,18H,1,3-5,7,12-13H2,(H,22,25)(H,23,24). The average molecular weight is 359 g/mol. The Morgan fingerprint density at radius 1 is 1.16 bits per heavy atom. The zero-order valence-electron chi connectivity index (χ0n) is 14.2. The van der Waals surface area contributed by atoms with Crippen molar-refractivity contribution < 1.29 is 9.59 Å². The zero-order valence-corrected chi connectivity index (χ0v) is 14.9. The molecule has 3 rings (SSSR count). The molecule has 2 amide bonds. The summed E-state index contributed by atoms with van der Waals surface area (Å²) >= 11 is 5.81. The Balaban J connectivity index is 1.46. The van der Waals surface area contributed by atoms with Gasteiger partial charge in [-0.3, -0.25) is 9.59 Å². The fraction of sp³-hybridized carbons (Fsp3) is 0.400. The number of hydrogen-bond acceptors (Lipinski definition) is 2. The first-order valence-corrected chi connectivity index (χ1v) is 9.23. The Labute approximate surface area is 153 Å². The van der Waals surface area contributed by atoms with Gasteiger partial charge in [0, 0.05) is 23.6 Å². The molecule has 0 heterocycles. The number of amides is 2. The van der Waals surface area contributed by atoms with Crippen molar-refractivity contribution in [3.63, 3.8) is 0 Å². The molecule has 1 aromatic carbocycles. The fourth-order valence-corrected chi connectivity index (χ4v) is 3.57. The third-order valence-electron chi connectivity index (χ3n) is 4.74. The van der Waals surface area contributed by atoms with E-state index < -0.39 is 0 Å². The highest BCUT2D eigenvalue weighted by Gasteiger charge is 2.23. The molecule has 0 spiro atoms. The van der Waals surface area contributed by atoms with E-state index in [1.165, 1.54) is 11.1 Å². The van der Waals surface area contributed by atoms with Gasteiger partial charge in [0.25, 0.3) is 5.91 Å². The van der Waals surface area contributed by atoms with Crippen LogP contribution in [0.1, 0.15) is 48.9 Å². The van der Waals surface area contributed by atoms with E-state index in [1.54, 1.807) is 24.3 Å². The molecule has 25 heavy (non-hydrogen) atoms. The largest absolute Gasteiger partial charge is 0.352 e. The van der Waals surface area contributed by atoms with E-state index in [-0.39, 0.29) is 24.3 Å². The predicted molar refractivity (Wildman–Crippen MR) is 99.6 cm³/mol. The van der Waals surface area contributed by atoms with E-state index in [9.17, 15) is 9.59 Å². The Morgan fingerprint density at radius 3 is 2.76 bits per heavy atom. The van der Waals surface area contributed by atoms with Crippen LogP contribution in [0.5, 0.6) is 0 Å². The molecule has 0 saturated carbocycles. The van der Waals surface area contributed by atoms with Gasteiger partial charge in [0.2, 0.25) is 5.91 Å².